The number of nitrogens with one attached hydrogen (secondary N) is 2. The molecule has 0 saturated heterocycles. The molecule has 5 nitrogen and oxygen atoms in total. The summed E-state index contributed by atoms with van der Waals surface area (Å²) >= 11 is 0. The van der Waals surface area contributed by atoms with Gasteiger partial charge in [0.25, 0.3) is 0 Å². The highest BCUT2D eigenvalue weighted by Gasteiger charge is 2.21. The van der Waals surface area contributed by atoms with Crippen molar-refractivity contribution < 1.29 is 9.59 Å². The van der Waals surface area contributed by atoms with Gasteiger partial charge in [0, 0.05) is 25.1 Å². The van der Waals surface area contributed by atoms with Crippen molar-refractivity contribution in [3.05, 3.63) is 29.3 Å². The van der Waals surface area contributed by atoms with Crippen molar-refractivity contribution in [2.75, 3.05) is 12.3 Å². The predicted molar refractivity (Wildman–Crippen MR) is 91.8 cm³/mol. The van der Waals surface area contributed by atoms with Gasteiger partial charge in [0.1, 0.15) is 0 Å². The van der Waals surface area contributed by atoms with Gasteiger partial charge in [-0.05, 0) is 55.4 Å². The van der Waals surface area contributed by atoms with Crippen LogP contribution in [0, 0.1) is 0 Å². The summed E-state index contributed by atoms with van der Waals surface area (Å²) in [6.07, 6.45) is 5.34. The molecule has 0 aromatic heterocycles. The fourth-order valence-corrected chi connectivity index (χ4v) is 3.01. The van der Waals surface area contributed by atoms with Gasteiger partial charge in [0.2, 0.25) is 11.8 Å². The molecule has 0 bridgehead atoms. The molecule has 1 aliphatic rings. The maximum atomic E-state index is 12.1. The fourth-order valence-electron chi connectivity index (χ4n) is 3.01. The first-order chi connectivity index (χ1) is 11.1. The van der Waals surface area contributed by atoms with Crippen LogP contribution in [0.4, 0.5) is 5.69 Å². The van der Waals surface area contributed by atoms with E-state index in [1.807, 2.05) is 25.1 Å². The quantitative estimate of drug-likeness (QED) is 0.675. The predicted octanol–water partition coefficient (Wildman–Crippen LogP) is 2.46. The van der Waals surface area contributed by atoms with Gasteiger partial charge in [-0.25, -0.2) is 0 Å². The molecular formula is C18H27N3O2. The number of hydrogen-bond acceptors (Lipinski definition) is 3. The lowest BCUT2D eigenvalue weighted by Gasteiger charge is -2.26. The molecule has 2 amide bonds. The van der Waals surface area contributed by atoms with Gasteiger partial charge in [-0.2, -0.15) is 0 Å². The lowest BCUT2D eigenvalue weighted by Crippen LogP contribution is -2.31. The highest BCUT2D eigenvalue weighted by atomic mass is 16.2. The zero-order valence-electron chi connectivity index (χ0n) is 13.9. The molecular weight excluding hydrogens is 290 g/mol. The van der Waals surface area contributed by atoms with E-state index in [2.05, 4.69) is 10.6 Å². The summed E-state index contributed by atoms with van der Waals surface area (Å²) in [5.41, 5.74) is 9.02. The molecule has 1 unspecified atom stereocenters. The van der Waals surface area contributed by atoms with E-state index >= 15 is 0 Å². The number of nitrogens with two attached hydrogens (primary N) is 1. The molecule has 0 spiro atoms. The van der Waals surface area contributed by atoms with E-state index in [1.165, 1.54) is 11.1 Å². The van der Waals surface area contributed by atoms with E-state index in [-0.39, 0.29) is 17.9 Å². The molecule has 4 N–H and O–H groups in total. The molecule has 1 aliphatic carbocycles. The summed E-state index contributed by atoms with van der Waals surface area (Å²) in [5.74, 6) is 0.0427. The average Bonchev–Trinajstić information content (AvgIpc) is 2.52. The number of carbonyl (C=O) groups is 2. The molecule has 0 heterocycles. The Bertz CT molecular complexity index is 557. The third kappa shape index (κ3) is 5.27. The molecule has 0 saturated carbocycles. The second-order valence-corrected chi connectivity index (χ2v) is 6.17. The summed E-state index contributed by atoms with van der Waals surface area (Å²) in [7, 11) is 0. The van der Waals surface area contributed by atoms with Gasteiger partial charge in [-0.3, -0.25) is 9.59 Å². The first-order valence-electron chi connectivity index (χ1n) is 8.54. The number of fused-ring (bicyclic) bond motifs is 1. The van der Waals surface area contributed by atoms with E-state index in [0.717, 1.165) is 31.4 Å². The number of carbonyl (C=O) groups excluding carboxylic acids is 2. The monoisotopic (exact) mass is 317 g/mol. The lowest BCUT2D eigenvalue weighted by atomic mass is 9.87. The Morgan fingerprint density at radius 2 is 2.04 bits per heavy atom. The zero-order chi connectivity index (χ0) is 16.7. The van der Waals surface area contributed by atoms with E-state index in [1.54, 1.807) is 0 Å². The maximum Gasteiger partial charge on any atom is 0.220 e. The number of anilines is 1. The van der Waals surface area contributed by atoms with Crippen molar-refractivity contribution in [3.8, 4) is 0 Å². The van der Waals surface area contributed by atoms with Gasteiger partial charge in [0.15, 0.2) is 0 Å². The number of aryl methyl sites for hydroxylation is 1. The highest BCUT2D eigenvalue weighted by molar-refractivity contribution is 5.79. The number of benzene rings is 1. The molecule has 0 aliphatic heterocycles. The van der Waals surface area contributed by atoms with E-state index < -0.39 is 0 Å². The van der Waals surface area contributed by atoms with E-state index in [0.29, 0.717) is 25.8 Å². The van der Waals surface area contributed by atoms with Crippen LogP contribution in [-0.4, -0.2) is 18.4 Å². The smallest absolute Gasteiger partial charge is 0.220 e. The first kappa shape index (κ1) is 17.3. The van der Waals surface area contributed by atoms with Crippen LogP contribution in [0.2, 0.25) is 0 Å². The van der Waals surface area contributed by atoms with Crippen LogP contribution in [0.3, 0.4) is 0 Å². The van der Waals surface area contributed by atoms with Crippen molar-refractivity contribution in [1.29, 1.82) is 0 Å². The molecule has 1 aromatic rings. The largest absolute Gasteiger partial charge is 0.399 e. The standard InChI is InChI=1S/C18H27N3O2/c1-2-11-20-17(22)7-4-8-18(23)21-16-6-3-5-13-12-14(19)9-10-15(13)16/h9-10,12,16H,2-8,11,19H2,1H3,(H,20,22)(H,21,23). The summed E-state index contributed by atoms with van der Waals surface area (Å²) in [6.45, 7) is 2.72. The molecule has 0 fully saturated rings. The highest BCUT2D eigenvalue weighted by Crippen LogP contribution is 2.31. The average molecular weight is 317 g/mol. The Balaban J connectivity index is 1.79. The molecule has 126 valence electrons. The third-order valence-corrected chi connectivity index (χ3v) is 4.20. The lowest BCUT2D eigenvalue weighted by molar-refractivity contribution is -0.122. The van der Waals surface area contributed by atoms with E-state index in [4.69, 9.17) is 5.73 Å². The minimum Gasteiger partial charge on any atom is -0.399 e. The summed E-state index contributed by atoms with van der Waals surface area (Å²) < 4.78 is 0. The molecule has 0 radical (unpaired) electrons. The summed E-state index contributed by atoms with van der Waals surface area (Å²) in [4.78, 5) is 23.6. The second kappa shape index (κ2) is 8.56. The summed E-state index contributed by atoms with van der Waals surface area (Å²) in [5, 5.41) is 5.92. The zero-order valence-corrected chi connectivity index (χ0v) is 13.9. The first-order valence-corrected chi connectivity index (χ1v) is 8.54. The molecule has 23 heavy (non-hydrogen) atoms. The van der Waals surface area contributed by atoms with Gasteiger partial charge in [-0.15, -0.1) is 0 Å². The molecule has 5 heteroatoms. The number of hydrogen-bond donors (Lipinski definition) is 3. The topological polar surface area (TPSA) is 84.2 Å². The van der Waals surface area contributed by atoms with Crippen LogP contribution in [0.15, 0.2) is 18.2 Å². The second-order valence-electron chi connectivity index (χ2n) is 6.17. The van der Waals surface area contributed by atoms with Crippen LogP contribution >= 0.6 is 0 Å². The number of amides is 2. The van der Waals surface area contributed by atoms with Crippen LogP contribution in [0.25, 0.3) is 0 Å². The van der Waals surface area contributed by atoms with Crippen LogP contribution in [0.5, 0.6) is 0 Å². The Labute approximate surface area is 138 Å². The van der Waals surface area contributed by atoms with Crippen molar-refractivity contribution in [2.45, 2.75) is 57.9 Å². The van der Waals surface area contributed by atoms with Crippen LogP contribution < -0.4 is 16.4 Å². The van der Waals surface area contributed by atoms with Gasteiger partial charge in [-0.1, -0.05) is 13.0 Å². The van der Waals surface area contributed by atoms with Gasteiger partial charge in [0.05, 0.1) is 6.04 Å². The Hall–Kier alpha value is -2.04. The minimum atomic E-state index is 0.0166. The summed E-state index contributed by atoms with van der Waals surface area (Å²) in [6, 6.07) is 5.99. The van der Waals surface area contributed by atoms with Gasteiger partial charge < -0.3 is 16.4 Å². The van der Waals surface area contributed by atoms with Crippen LogP contribution in [0.1, 0.15) is 62.6 Å². The van der Waals surface area contributed by atoms with Crippen molar-refractivity contribution in [1.82, 2.24) is 10.6 Å². The van der Waals surface area contributed by atoms with Crippen molar-refractivity contribution in [2.24, 2.45) is 0 Å². The molecule has 2 rings (SSSR count). The Morgan fingerprint density at radius 1 is 1.26 bits per heavy atom. The molecule has 1 atom stereocenters. The van der Waals surface area contributed by atoms with Crippen LogP contribution in [-0.2, 0) is 16.0 Å². The van der Waals surface area contributed by atoms with Gasteiger partial charge >= 0.3 is 0 Å². The SMILES string of the molecule is CCCNC(=O)CCCC(=O)NC1CCCc2cc(N)ccc21. The molecule has 1 aromatic carbocycles. The maximum absolute atomic E-state index is 12.1. The Kier molecular flexibility index (Phi) is 6.44. The normalized spacial score (nSPS) is 16.5. The Morgan fingerprint density at radius 3 is 2.83 bits per heavy atom. The fraction of sp³-hybridized carbons (Fsp3) is 0.556. The number of nitrogen functional groups attached to an aromatic ring is 1. The van der Waals surface area contributed by atoms with Crippen molar-refractivity contribution >= 4 is 17.5 Å². The minimum absolute atomic E-state index is 0.0166. The van der Waals surface area contributed by atoms with Crippen molar-refractivity contribution in [3.63, 3.8) is 0 Å². The number of rotatable bonds is 7. The third-order valence-electron chi connectivity index (χ3n) is 4.20. The van der Waals surface area contributed by atoms with E-state index in [9.17, 15) is 9.59 Å².